The average Bonchev–Trinajstić information content (AvgIpc) is 3.49. The Bertz CT molecular complexity index is 1300. The van der Waals surface area contributed by atoms with Gasteiger partial charge in [-0.05, 0) is 44.9 Å². The molecule has 0 aliphatic heterocycles. The predicted molar refractivity (Wildman–Crippen MR) is 363 cm³/mol. The largest absolute Gasteiger partial charge is 0.462 e. The van der Waals surface area contributed by atoms with E-state index < -0.39 is 6.10 Å². The number of hydrogen-bond donors (Lipinski definition) is 0. The van der Waals surface area contributed by atoms with E-state index in [0.717, 1.165) is 57.8 Å². The molecular weight excluding hydrogens is 1020 g/mol. The van der Waals surface area contributed by atoms with E-state index in [2.05, 4.69) is 32.9 Å². The summed E-state index contributed by atoms with van der Waals surface area (Å²) in [5.74, 6) is -0.821. The lowest BCUT2D eigenvalue weighted by Crippen LogP contribution is -2.30. The van der Waals surface area contributed by atoms with Gasteiger partial charge in [0.1, 0.15) is 13.2 Å². The van der Waals surface area contributed by atoms with Crippen molar-refractivity contribution < 1.29 is 28.6 Å². The standard InChI is InChI=1S/C77H148O6/c1-4-7-10-13-16-19-22-25-28-31-34-36-38-40-41-43-46-49-52-55-58-61-64-67-70-76(79)82-73-74(72-81-75(78)69-66-63-60-57-54-51-48-45-33-30-27-24-21-18-15-12-9-6-3)83-77(80)71-68-65-62-59-56-53-50-47-44-42-39-37-35-32-29-26-23-20-17-14-11-8-5-2/h32,35,74H,4-31,33-34,36-73H2,1-3H3/b35-32-. The Hall–Kier alpha value is -1.85. The minimum absolute atomic E-state index is 0.0626. The van der Waals surface area contributed by atoms with Gasteiger partial charge < -0.3 is 14.2 Å². The molecule has 0 heterocycles. The molecule has 0 spiro atoms. The molecular formula is C77H148O6. The van der Waals surface area contributed by atoms with Gasteiger partial charge in [-0.1, -0.05) is 392 Å². The molecule has 0 radical (unpaired) electrons. The van der Waals surface area contributed by atoms with Gasteiger partial charge in [0.15, 0.2) is 6.10 Å². The molecule has 0 aliphatic carbocycles. The molecule has 0 saturated heterocycles. The zero-order valence-corrected chi connectivity index (χ0v) is 56.8. The maximum absolute atomic E-state index is 13.0. The van der Waals surface area contributed by atoms with E-state index in [-0.39, 0.29) is 31.1 Å². The first-order chi connectivity index (χ1) is 41.0. The highest BCUT2D eigenvalue weighted by Crippen LogP contribution is 2.20. The Labute approximate surface area is 520 Å². The number of unbranched alkanes of at least 4 members (excludes halogenated alkanes) is 59. The van der Waals surface area contributed by atoms with E-state index in [0.29, 0.717) is 19.3 Å². The Balaban J connectivity index is 4.26. The topological polar surface area (TPSA) is 78.9 Å². The summed E-state index contributed by atoms with van der Waals surface area (Å²) in [5, 5.41) is 0. The first-order valence-corrected chi connectivity index (χ1v) is 38.2. The first kappa shape index (κ1) is 81.2. The van der Waals surface area contributed by atoms with Crippen LogP contribution >= 0.6 is 0 Å². The molecule has 6 heteroatoms. The Kier molecular flexibility index (Phi) is 71.0. The highest BCUT2D eigenvalue weighted by atomic mass is 16.6. The number of carbonyl (C=O) groups excluding carboxylic acids is 3. The van der Waals surface area contributed by atoms with Gasteiger partial charge in [-0.2, -0.15) is 0 Å². The van der Waals surface area contributed by atoms with Crippen molar-refractivity contribution >= 4 is 17.9 Å². The lowest BCUT2D eigenvalue weighted by atomic mass is 10.0. The van der Waals surface area contributed by atoms with E-state index in [1.165, 1.54) is 347 Å². The Morgan fingerprint density at radius 1 is 0.229 bits per heavy atom. The number of ether oxygens (including phenoxy) is 3. The molecule has 6 nitrogen and oxygen atoms in total. The summed E-state index contributed by atoms with van der Waals surface area (Å²) in [4.78, 5) is 38.6. The SMILES string of the molecule is CCCCCCCCCC/C=C\CCCCCCCCCCCCCC(=O)OC(COC(=O)CCCCCCCCCCCCCCCCCCCC)COC(=O)CCCCCCCCCCCCCCCCCCCCCCCCCC. The molecule has 0 aromatic carbocycles. The predicted octanol–water partition coefficient (Wildman–Crippen LogP) is 26.3. The fourth-order valence-corrected chi connectivity index (χ4v) is 12.0. The molecule has 0 bridgehead atoms. The van der Waals surface area contributed by atoms with Gasteiger partial charge in [0, 0.05) is 19.3 Å². The molecule has 1 atom stereocenters. The highest BCUT2D eigenvalue weighted by molar-refractivity contribution is 5.71. The lowest BCUT2D eigenvalue weighted by Gasteiger charge is -2.18. The Morgan fingerprint density at radius 3 is 0.602 bits per heavy atom. The van der Waals surface area contributed by atoms with Gasteiger partial charge in [0.25, 0.3) is 0 Å². The minimum atomic E-state index is -0.768. The van der Waals surface area contributed by atoms with Crippen molar-refractivity contribution in [2.45, 2.75) is 451 Å². The number of rotatable bonds is 72. The lowest BCUT2D eigenvalue weighted by molar-refractivity contribution is -0.167. The molecule has 0 rings (SSSR count). The number of carbonyl (C=O) groups is 3. The zero-order valence-electron chi connectivity index (χ0n) is 56.8. The maximum atomic E-state index is 13.0. The van der Waals surface area contributed by atoms with Crippen LogP contribution in [-0.4, -0.2) is 37.2 Å². The van der Waals surface area contributed by atoms with Crippen LogP contribution < -0.4 is 0 Å². The van der Waals surface area contributed by atoms with Crippen molar-refractivity contribution in [2.75, 3.05) is 13.2 Å². The fourth-order valence-electron chi connectivity index (χ4n) is 12.0. The second-order valence-corrected chi connectivity index (χ2v) is 26.3. The van der Waals surface area contributed by atoms with Gasteiger partial charge in [-0.15, -0.1) is 0 Å². The van der Waals surface area contributed by atoms with Crippen LogP contribution in [-0.2, 0) is 28.6 Å². The van der Waals surface area contributed by atoms with Crippen LogP contribution in [0.5, 0.6) is 0 Å². The summed E-state index contributed by atoms with van der Waals surface area (Å²) >= 11 is 0. The first-order valence-electron chi connectivity index (χ1n) is 38.2. The minimum Gasteiger partial charge on any atom is -0.462 e. The molecule has 0 amide bonds. The van der Waals surface area contributed by atoms with Crippen LogP contribution in [0.25, 0.3) is 0 Å². The molecule has 0 saturated carbocycles. The van der Waals surface area contributed by atoms with E-state index in [4.69, 9.17) is 14.2 Å². The van der Waals surface area contributed by atoms with E-state index >= 15 is 0 Å². The van der Waals surface area contributed by atoms with Gasteiger partial charge in [-0.3, -0.25) is 14.4 Å². The van der Waals surface area contributed by atoms with Crippen molar-refractivity contribution in [1.29, 1.82) is 0 Å². The third-order valence-electron chi connectivity index (χ3n) is 17.8. The average molecular weight is 1170 g/mol. The molecule has 0 aliphatic rings. The van der Waals surface area contributed by atoms with Crippen molar-refractivity contribution in [3.8, 4) is 0 Å². The summed E-state index contributed by atoms with van der Waals surface area (Å²) in [6, 6.07) is 0. The normalized spacial score (nSPS) is 12.0. The van der Waals surface area contributed by atoms with Crippen LogP contribution in [0, 0.1) is 0 Å². The molecule has 0 N–H and O–H groups in total. The molecule has 492 valence electrons. The maximum Gasteiger partial charge on any atom is 0.306 e. The van der Waals surface area contributed by atoms with Crippen molar-refractivity contribution in [3.63, 3.8) is 0 Å². The number of hydrogen-bond acceptors (Lipinski definition) is 6. The second-order valence-electron chi connectivity index (χ2n) is 26.3. The van der Waals surface area contributed by atoms with Gasteiger partial charge in [-0.25, -0.2) is 0 Å². The molecule has 0 aromatic rings. The summed E-state index contributed by atoms with van der Waals surface area (Å²) < 4.78 is 17.1. The third-order valence-corrected chi connectivity index (χ3v) is 17.8. The quantitative estimate of drug-likeness (QED) is 0.0261. The van der Waals surface area contributed by atoms with Gasteiger partial charge >= 0.3 is 17.9 Å². The van der Waals surface area contributed by atoms with Crippen molar-refractivity contribution in [3.05, 3.63) is 12.2 Å². The van der Waals surface area contributed by atoms with E-state index in [1.807, 2.05) is 0 Å². The van der Waals surface area contributed by atoms with E-state index in [9.17, 15) is 14.4 Å². The third kappa shape index (κ3) is 70.8. The summed E-state index contributed by atoms with van der Waals surface area (Å²) in [7, 11) is 0. The Morgan fingerprint density at radius 2 is 0.398 bits per heavy atom. The van der Waals surface area contributed by atoms with Crippen LogP contribution in [0.15, 0.2) is 12.2 Å². The fraction of sp³-hybridized carbons (Fsp3) is 0.935. The van der Waals surface area contributed by atoms with Crippen molar-refractivity contribution in [1.82, 2.24) is 0 Å². The molecule has 83 heavy (non-hydrogen) atoms. The number of esters is 3. The summed E-state index contributed by atoms with van der Waals surface area (Å²) in [5.41, 5.74) is 0. The van der Waals surface area contributed by atoms with Crippen LogP contribution in [0.2, 0.25) is 0 Å². The van der Waals surface area contributed by atoms with Crippen molar-refractivity contribution in [2.24, 2.45) is 0 Å². The monoisotopic (exact) mass is 1170 g/mol. The van der Waals surface area contributed by atoms with Gasteiger partial charge in [0.05, 0.1) is 0 Å². The summed E-state index contributed by atoms with van der Waals surface area (Å²) in [6.45, 7) is 6.75. The second kappa shape index (κ2) is 72.6. The van der Waals surface area contributed by atoms with Crippen LogP contribution in [0.3, 0.4) is 0 Å². The molecule has 0 aromatic heterocycles. The van der Waals surface area contributed by atoms with Crippen LogP contribution in [0.1, 0.15) is 445 Å². The molecule has 0 fully saturated rings. The molecule has 1 unspecified atom stereocenters. The van der Waals surface area contributed by atoms with Crippen LogP contribution in [0.4, 0.5) is 0 Å². The smallest absolute Gasteiger partial charge is 0.306 e. The summed E-state index contributed by atoms with van der Waals surface area (Å²) in [6.07, 6.45) is 88.3. The zero-order chi connectivity index (χ0) is 59.9. The van der Waals surface area contributed by atoms with Gasteiger partial charge in [0.2, 0.25) is 0 Å². The highest BCUT2D eigenvalue weighted by Gasteiger charge is 2.20. The number of allylic oxidation sites excluding steroid dienone is 2. The van der Waals surface area contributed by atoms with E-state index in [1.54, 1.807) is 0 Å².